The van der Waals surface area contributed by atoms with Crippen molar-refractivity contribution >= 4 is 5.78 Å². The average molecular weight is 287 g/mol. The third-order valence-electron chi connectivity index (χ3n) is 4.79. The molecule has 1 aliphatic carbocycles. The van der Waals surface area contributed by atoms with Gasteiger partial charge in [0.1, 0.15) is 0 Å². The number of ketones is 1. The molecule has 3 heteroatoms. The molecule has 0 amide bonds. The Labute approximate surface area is 127 Å². The van der Waals surface area contributed by atoms with Crippen LogP contribution in [-0.4, -0.2) is 44.0 Å². The van der Waals surface area contributed by atoms with Crippen molar-refractivity contribution in [3.63, 3.8) is 0 Å². The molecule has 21 heavy (non-hydrogen) atoms. The number of Topliss-reactive ketones (excluding diaryl/α,β-unsaturated/α-hetero) is 1. The maximum atomic E-state index is 12.5. The molecule has 1 atom stereocenters. The number of ether oxygens (including phenoxy) is 1. The Morgan fingerprint density at radius 1 is 1.29 bits per heavy atom. The minimum Gasteiger partial charge on any atom is -0.384 e. The van der Waals surface area contributed by atoms with Crippen LogP contribution >= 0.6 is 0 Å². The van der Waals surface area contributed by atoms with Gasteiger partial charge in [0.05, 0.1) is 13.2 Å². The molecule has 0 N–H and O–H groups in total. The zero-order valence-corrected chi connectivity index (χ0v) is 12.9. The number of carbonyl (C=O) groups excluding carboxylic acids is 1. The lowest BCUT2D eigenvalue weighted by Gasteiger charge is -2.31. The van der Waals surface area contributed by atoms with Crippen LogP contribution in [0.5, 0.6) is 0 Å². The predicted molar refractivity (Wildman–Crippen MR) is 83.8 cm³/mol. The molecule has 0 saturated carbocycles. The molecule has 1 saturated heterocycles. The van der Waals surface area contributed by atoms with Gasteiger partial charge >= 0.3 is 0 Å². The monoisotopic (exact) mass is 287 g/mol. The number of methoxy groups -OCH3 is 1. The van der Waals surface area contributed by atoms with E-state index in [0.29, 0.717) is 12.5 Å². The molecule has 1 aromatic rings. The number of benzene rings is 1. The van der Waals surface area contributed by atoms with E-state index in [1.807, 2.05) is 6.07 Å². The first kappa shape index (κ1) is 14.7. The summed E-state index contributed by atoms with van der Waals surface area (Å²) < 4.78 is 5.26. The second-order valence-electron chi connectivity index (χ2n) is 6.46. The highest BCUT2D eigenvalue weighted by Gasteiger charge is 2.22. The highest BCUT2D eigenvalue weighted by atomic mass is 16.5. The fourth-order valence-electron chi connectivity index (χ4n) is 3.71. The molecule has 0 bridgehead atoms. The van der Waals surface area contributed by atoms with Crippen molar-refractivity contribution in [2.24, 2.45) is 5.92 Å². The van der Waals surface area contributed by atoms with E-state index in [2.05, 4.69) is 17.0 Å². The van der Waals surface area contributed by atoms with E-state index in [1.165, 1.54) is 36.8 Å². The van der Waals surface area contributed by atoms with Gasteiger partial charge in [-0.15, -0.1) is 0 Å². The summed E-state index contributed by atoms with van der Waals surface area (Å²) in [5.74, 6) is 0.847. The Morgan fingerprint density at radius 2 is 2.14 bits per heavy atom. The van der Waals surface area contributed by atoms with Crippen molar-refractivity contribution in [1.82, 2.24) is 4.90 Å². The van der Waals surface area contributed by atoms with Crippen molar-refractivity contribution in [2.75, 3.05) is 33.4 Å². The van der Waals surface area contributed by atoms with Crippen molar-refractivity contribution in [1.29, 1.82) is 0 Å². The van der Waals surface area contributed by atoms with Crippen LogP contribution in [0.15, 0.2) is 18.2 Å². The number of carbonyl (C=O) groups is 1. The molecule has 1 heterocycles. The minimum absolute atomic E-state index is 0.266. The second-order valence-corrected chi connectivity index (χ2v) is 6.46. The van der Waals surface area contributed by atoms with E-state index in [4.69, 9.17) is 4.74 Å². The van der Waals surface area contributed by atoms with E-state index in [9.17, 15) is 4.79 Å². The van der Waals surface area contributed by atoms with Gasteiger partial charge < -0.3 is 4.74 Å². The number of nitrogens with zero attached hydrogens (tertiary/aromatic N) is 1. The van der Waals surface area contributed by atoms with Crippen LogP contribution in [0.2, 0.25) is 0 Å². The van der Waals surface area contributed by atoms with Crippen LogP contribution in [0, 0.1) is 5.92 Å². The molecule has 0 radical (unpaired) electrons. The fourth-order valence-corrected chi connectivity index (χ4v) is 3.71. The lowest BCUT2D eigenvalue weighted by atomic mass is 9.98. The summed E-state index contributed by atoms with van der Waals surface area (Å²) in [7, 11) is 1.76. The van der Waals surface area contributed by atoms with Gasteiger partial charge in [0.25, 0.3) is 0 Å². The number of hydrogen-bond acceptors (Lipinski definition) is 3. The molecule has 3 rings (SSSR count). The van der Waals surface area contributed by atoms with Gasteiger partial charge in [-0.25, -0.2) is 0 Å². The largest absolute Gasteiger partial charge is 0.384 e. The fraction of sp³-hybridized carbons (Fsp3) is 0.611. The molecule has 1 fully saturated rings. The lowest BCUT2D eigenvalue weighted by molar-refractivity contribution is 0.0758. The molecule has 1 aliphatic heterocycles. The summed E-state index contributed by atoms with van der Waals surface area (Å²) in [4.78, 5) is 14.8. The molecule has 3 nitrogen and oxygen atoms in total. The topological polar surface area (TPSA) is 29.5 Å². The average Bonchev–Trinajstić information content (AvgIpc) is 2.95. The molecular weight excluding hydrogens is 262 g/mol. The second kappa shape index (κ2) is 6.71. The molecule has 1 aromatic carbocycles. The van der Waals surface area contributed by atoms with E-state index in [-0.39, 0.29) is 5.78 Å². The summed E-state index contributed by atoms with van der Waals surface area (Å²) >= 11 is 0. The van der Waals surface area contributed by atoms with Gasteiger partial charge in [-0.2, -0.15) is 0 Å². The summed E-state index contributed by atoms with van der Waals surface area (Å²) in [6.45, 7) is 3.39. The maximum absolute atomic E-state index is 12.5. The van der Waals surface area contributed by atoms with Crippen LogP contribution in [0.4, 0.5) is 0 Å². The summed E-state index contributed by atoms with van der Waals surface area (Å²) in [5.41, 5.74) is 3.71. The van der Waals surface area contributed by atoms with Crippen LogP contribution in [0.3, 0.4) is 0 Å². The summed E-state index contributed by atoms with van der Waals surface area (Å²) in [6, 6.07) is 6.30. The predicted octanol–water partition coefficient (Wildman–Crippen LogP) is 2.72. The van der Waals surface area contributed by atoms with Crippen LogP contribution < -0.4 is 0 Å². The Hall–Kier alpha value is -1.19. The number of fused-ring (bicyclic) bond motifs is 1. The normalized spacial score (nSPS) is 22.2. The van der Waals surface area contributed by atoms with Crippen molar-refractivity contribution in [3.8, 4) is 0 Å². The first-order valence-corrected chi connectivity index (χ1v) is 8.12. The first-order chi connectivity index (χ1) is 10.3. The minimum atomic E-state index is 0.266. The molecular formula is C18H25NO2. The summed E-state index contributed by atoms with van der Waals surface area (Å²) in [5, 5.41) is 0. The van der Waals surface area contributed by atoms with E-state index >= 15 is 0 Å². The van der Waals surface area contributed by atoms with Gasteiger partial charge in [-0.05, 0) is 61.8 Å². The highest BCUT2D eigenvalue weighted by Crippen LogP contribution is 2.23. The SMILES string of the molecule is COCC1CCCN(CC(=O)c2ccc3c(c2)CCC3)C1. The van der Waals surface area contributed by atoms with Crippen LogP contribution in [-0.2, 0) is 17.6 Å². The Bertz CT molecular complexity index is 510. The van der Waals surface area contributed by atoms with Gasteiger partial charge in [0.15, 0.2) is 5.78 Å². The van der Waals surface area contributed by atoms with Crippen molar-refractivity contribution in [2.45, 2.75) is 32.1 Å². The summed E-state index contributed by atoms with van der Waals surface area (Å²) in [6.07, 6.45) is 5.94. The van der Waals surface area contributed by atoms with Gasteiger partial charge in [0.2, 0.25) is 0 Å². The van der Waals surface area contributed by atoms with Crippen molar-refractivity contribution < 1.29 is 9.53 Å². The van der Waals surface area contributed by atoms with E-state index in [1.54, 1.807) is 7.11 Å². The van der Waals surface area contributed by atoms with Gasteiger partial charge in [-0.3, -0.25) is 9.69 Å². The molecule has 0 aromatic heterocycles. The Morgan fingerprint density at radius 3 is 3.00 bits per heavy atom. The lowest BCUT2D eigenvalue weighted by Crippen LogP contribution is -2.40. The third-order valence-corrected chi connectivity index (χ3v) is 4.79. The number of piperidine rings is 1. The number of rotatable bonds is 5. The van der Waals surface area contributed by atoms with E-state index < -0.39 is 0 Å². The number of likely N-dealkylation sites (tertiary alicyclic amines) is 1. The van der Waals surface area contributed by atoms with E-state index in [0.717, 1.165) is 31.7 Å². The number of hydrogen-bond donors (Lipinski definition) is 0. The van der Waals surface area contributed by atoms with Crippen LogP contribution in [0.1, 0.15) is 40.7 Å². The molecule has 0 spiro atoms. The molecule has 114 valence electrons. The zero-order valence-electron chi connectivity index (χ0n) is 12.9. The highest BCUT2D eigenvalue weighted by molar-refractivity contribution is 5.97. The quantitative estimate of drug-likeness (QED) is 0.780. The smallest absolute Gasteiger partial charge is 0.176 e. The Kier molecular flexibility index (Phi) is 4.71. The van der Waals surface area contributed by atoms with Crippen molar-refractivity contribution in [3.05, 3.63) is 34.9 Å². The maximum Gasteiger partial charge on any atom is 0.176 e. The standard InChI is InChI=1S/C18H25NO2/c1-21-13-14-4-3-9-19(11-14)12-18(20)17-8-7-15-5-2-6-16(15)10-17/h7-8,10,14H,2-6,9,11-13H2,1H3. The molecule has 1 unspecified atom stereocenters. The van der Waals surface area contributed by atoms with Gasteiger partial charge in [-0.1, -0.05) is 12.1 Å². The first-order valence-electron chi connectivity index (χ1n) is 8.12. The Balaban J connectivity index is 1.60. The third kappa shape index (κ3) is 3.53. The zero-order chi connectivity index (χ0) is 14.7. The van der Waals surface area contributed by atoms with Gasteiger partial charge in [0, 0.05) is 19.2 Å². The number of aryl methyl sites for hydroxylation is 2. The molecule has 2 aliphatic rings. The van der Waals surface area contributed by atoms with Crippen LogP contribution in [0.25, 0.3) is 0 Å².